The van der Waals surface area contributed by atoms with E-state index in [9.17, 15) is 0 Å². The fourth-order valence-electron chi connectivity index (χ4n) is 1.76. The SMILES string of the molecule is CN(CC(Cl)C#N)CC1CCOCC1. The first kappa shape index (κ1) is 11.8. The number of ether oxygens (including phenoxy) is 1. The van der Waals surface area contributed by atoms with Gasteiger partial charge in [0.2, 0.25) is 0 Å². The van der Waals surface area contributed by atoms with Gasteiger partial charge in [-0.1, -0.05) is 0 Å². The van der Waals surface area contributed by atoms with Crippen LogP contribution in [0, 0.1) is 17.2 Å². The highest BCUT2D eigenvalue weighted by Gasteiger charge is 2.16. The maximum absolute atomic E-state index is 8.56. The average molecular weight is 217 g/mol. The van der Waals surface area contributed by atoms with Crippen molar-refractivity contribution in [3.63, 3.8) is 0 Å². The minimum atomic E-state index is -0.389. The normalized spacial score (nSPS) is 20.7. The molecule has 14 heavy (non-hydrogen) atoms. The van der Waals surface area contributed by atoms with Crippen molar-refractivity contribution >= 4 is 11.6 Å². The summed E-state index contributed by atoms with van der Waals surface area (Å²) < 4.78 is 5.29. The van der Waals surface area contributed by atoms with Gasteiger partial charge in [0, 0.05) is 26.3 Å². The molecule has 80 valence electrons. The van der Waals surface area contributed by atoms with Gasteiger partial charge in [-0.25, -0.2) is 0 Å². The lowest BCUT2D eigenvalue weighted by atomic mass is 10.00. The van der Waals surface area contributed by atoms with Crippen LogP contribution >= 0.6 is 11.6 Å². The molecule has 1 unspecified atom stereocenters. The van der Waals surface area contributed by atoms with Crippen molar-refractivity contribution in [2.45, 2.75) is 18.2 Å². The van der Waals surface area contributed by atoms with Gasteiger partial charge in [-0.15, -0.1) is 11.6 Å². The summed E-state index contributed by atoms with van der Waals surface area (Å²) >= 11 is 5.75. The standard InChI is InChI=1S/C10H17ClN2O/c1-13(8-10(11)6-12)7-9-2-4-14-5-3-9/h9-10H,2-5,7-8H2,1H3. The van der Waals surface area contributed by atoms with Gasteiger partial charge in [-0.05, 0) is 25.8 Å². The summed E-state index contributed by atoms with van der Waals surface area (Å²) in [6.45, 7) is 3.42. The first-order chi connectivity index (χ1) is 6.72. The van der Waals surface area contributed by atoms with Gasteiger partial charge in [-0.3, -0.25) is 0 Å². The van der Waals surface area contributed by atoms with Crippen LogP contribution in [0.5, 0.6) is 0 Å². The molecule has 0 spiro atoms. The first-order valence-corrected chi connectivity index (χ1v) is 5.46. The van der Waals surface area contributed by atoms with Crippen LogP contribution in [0.25, 0.3) is 0 Å². The van der Waals surface area contributed by atoms with E-state index in [1.54, 1.807) is 0 Å². The quantitative estimate of drug-likeness (QED) is 0.668. The smallest absolute Gasteiger partial charge is 0.133 e. The molecule has 0 amide bonds. The summed E-state index contributed by atoms with van der Waals surface area (Å²) in [7, 11) is 2.02. The van der Waals surface area contributed by atoms with E-state index in [2.05, 4.69) is 4.90 Å². The van der Waals surface area contributed by atoms with Gasteiger partial charge in [0.05, 0.1) is 6.07 Å². The summed E-state index contributed by atoms with van der Waals surface area (Å²) in [4.78, 5) is 2.14. The van der Waals surface area contributed by atoms with E-state index in [0.717, 1.165) is 32.6 Å². The molecule has 1 rings (SSSR count). The highest BCUT2D eigenvalue weighted by Crippen LogP contribution is 2.15. The Balaban J connectivity index is 2.18. The third kappa shape index (κ3) is 4.28. The summed E-state index contributed by atoms with van der Waals surface area (Å²) in [5, 5.41) is 8.17. The lowest BCUT2D eigenvalue weighted by Gasteiger charge is -2.27. The number of alkyl halides is 1. The fourth-order valence-corrected chi connectivity index (χ4v) is 1.99. The van der Waals surface area contributed by atoms with Crippen LogP contribution in [0.15, 0.2) is 0 Å². The maximum Gasteiger partial charge on any atom is 0.133 e. The molecule has 1 fully saturated rings. The van der Waals surface area contributed by atoms with E-state index in [0.29, 0.717) is 12.5 Å². The lowest BCUT2D eigenvalue weighted by molar-refractivity contribution is 0.0560. The molecule has 0 aromatic carbocycles. The van der Waals surface area contributed by atoms with Crippen LogP contribution in [0.4, 0.5) is 0 Å². The van der Waals surface area contributed by atoms with Crippen molar-refractivity contribution in [2.75, 3.05) is 33.4 Å². The summed E-state index contributed by atoms with van der Waals surface area (Å²) in [5.74, 6) is 0.705. The highest BCUT2D eigenvalue weighted by molar-refractivity contribution is 6.22. The van der Waals surface area contributed by atoms with E-state index < -0.39 is 0 Å². The number of halogens is 1. The third-order valence-corrected chi connectivity index (χ3v) is 2.76. The highest BCUT2D eigenvalue weighted by atomic mass is 35.5. The Kier molecular flexibility index (Phi) is 5.24. The maximum atomic E-state index is 8.56. The molecule has 0 aliphatic carbocycles. The fraction of sp³-hybridized carbons (Fsp3) is 0.900. The molecule has 0 N–H and O–H groups in total. The van der Waals surface area contributed by atoms with Crippen LogP contribution in [0.3, 0.4) is 0 Å². The van der Waals surface area contributed by atoms with E-state index in [1.165, 1.54) is 0 Å². The molecule has 1 atom stereocenters. The zero-order valence-electron chi connectivity index (χ0n) is 8.58. The van der Waals surface area contributed by atoms with Gasteiger partial charge >= 0.3 is 0 Å². The first-order valence-electron chi connectivity index (χ1n) is 5.02. The Hall–Kier alpha value is -0.300. The number of rotatable bonds is 4. The molecule has 1 aliphatic heterocycles. The Morgan fingerprint density at radius 3 is 2.79 bits per heavy atom. The number of hydrogen-bond acceptors (Lipinski definition) is 3. The monoisotopic (exact) mass is 216 g/mol. The number of hydrogen-bond donors (Lipinski definition) is 0. The van der Waals surface area contributed by atoms with Crippen LogP contribution in [0.1, 0.15) is 12.8 Å². The van der Waals surface area contributed by atoms with E-state index >= 15 is 0 Å². The zero-order chi connectivity index (χ0) is 10.4. The summed E-state index contributed by atoms with van der Waals surface area (Å²) in [5.41, 5.74) is 0. The minimum Gasteiger partial charge on any atom is -0.381 e. The van der Waals surface area contributed by atoms with Gasteiger partial charge in [0.25, 0.3) is 0 Å². The largest absolute Gasteiger partial charge is 0.381 e. The average Bonchev–Trinajstić information content (AvgIpc) is 2.19. The summed E-state index contributed by atoms with van der Waals surface area (Å²) in [6, 6.07) is 2.03. The van der Waals surface area contributed by atoms with Crippen molar-refractivity contribution in [2.24, 2.45) is 5.92 Å². The number of nitrogens with zero attached hydrogens (tertiary/aromatic N) is 2. The molecule has 1 saturated heterocycles. The van der Waals surface area contributed by atoms with Crippen molar-refractivity contribution in [3.05, 3.63) is 0 Å². The molecular formula is C10H17ClN2O. The third-order valence-electron chi connectivity index (χ3n) is 2.52. The minimum absolute atomic E-state index is 0.389. The van der Waals surface area contributed by atoms with E-state index in [1.807, 2.05) is 13.1 Å². The van der Waals surface area contributed by atoms with E-state index in [-0.39, 0.29) is 5.38 Å². The second-order valence-corrected chi connectivity index (χ2v) is 4.40. The molecule has 0 aromatic heterocycles. The molecule has 4 heteroatoms. The second-order valence-electron chi connectivity index (χ2n) is 3.87. The number of nitriles is 1. The van der Waals surface area contributed by atoms with Crippen LogP contribution in [0.2, 0.25) is 0 Å². The van der Waals surface area contributed by atoms with Crippen LogP contribution < -0.4 is 0 Å². The lowest BCUT2D eigenvalue weighted by Crippen LogP contribution is -2.33. The predicted octanol–water partition coefficient (Wildman–Crippen LogP) is 1.48. The van der Waals surface area contributed by atoms with Gasteiger partial charge in [0.15, 0.2) is 0 Å². The molecular weight excluding hydrogens is 200 g/mol. The topological polar surface area (TPSA) is 36.3 Å². The Morgan fingerprint density at radius 2 is 2.21 bits per heavy atom. The zero-order valence-corrected chi connectivity index (χ0v) is 9.33. The van der Waals surface area contributed by atoms with Crippen molar-refractivity contribution in [1.29, 1.82) is 5.26 Å². The molecule has 1 aliphatic rings. The molecule has 0 aromatic rings. The van der Waals surface area contributed by atoms with Crippen LogP contribution in [-0.4, -0.2) is 43.6 Å². The Bertz CT molecular complexity index is 199. The van der Waals surface area contributed by atoms with E-state index in [4.69, 9.17) is 21.6 Å². The van der Waals surface area contributed by atoms with Gasteiger partial charge in [0.1, 0.15) is 5.38 Å². The molecule has 0 saturated carbocycles. The molecule has 0 bridgehead atoms. The Morgan fingerprint density at radius 1 is 1.57 bits per heavy atom. The predicted molar refractivity (Wildman–Crippen MR) is 56.3 cm³/mol. The van der Waals surface area contributed by atoms with Crippen molar-refractivity contribution < 1.29 is 4.74 Å². The van der Waals surface area contributed by atoms with Crippen LogP contribution in [-0.2, 0) is 4.74 Å². The van der Waals surface area contributed by atoms with Gasteiger partial charge in [-0.2, -0.15) is 5.26 Å². The summed E-state index contributed by atoms with van der Waals surface area (Å²) in [6.07, 6.45) is 2.26. The molecule has 1 heterocycles. The van der Waals surface area contributed by atoms with Crippen molar-refractivity contribution in [1.82, 2.24) is 4.90 Å². The van der Waals surface area contributed by atoms with Gasteiger partial charge < -0.3 is 9.64 Å². The molecule has 0 radical (unpaired) electrons. The molecule has 3 nitrogen and oxygen atoms in total. The Labute approximate surface area is 90.6 Å². The van der Waals surface area contributed by atoms with Crippen molar-refractivity contribution in [3.8, 4) is 6.07 Å². The second kappa shape index (κ2) is 6.23.